The number of rotatable bonds is 5. The molecule has 0 radical (unpaired) electrons. The van der Waals surface area contributed by atoms with Gasteiger partial charge in [-0.25, -0.2) is 4.98 Å². The number of aromatic nitrogens is 1. The van der Waals surface area contributed by atoms with Crippen LogP contribution in [0.4, 0.5) is 5.82 Å². The Kier molecular flexibility index (Phi) is 4.94. The molecule has 0 bridgehead atoms. The van der Waals surface area contributed by atoms with Crippen LogP contribution in [0.2, 0.25) is 0 Å². The molecule has 2 nitrogen and oxygen atoms in total. The Bertz CT molecular complexity index is 276. The van der Waals surface area contributed by atoms with E-state index in [-0.39, 0.29) is 0 Å². The SMILES string of the molecule is CCC(Br)CCNc1cccc(C)n1. The molecule has 1 rings (SSSR count). The molecule has 0 aliphatic rings. The summed E-state index contributed by atoms with van der Waals surface area (Å²) < 4.78 is 0. The molecular weight excluding hydrogens is 240 g/mol. The van der Waals surface area contributed by atoms with Crippen molar-refractivity contribution >= 4 is 21.7 Å². The Morgan fingerprint density at radius 3 is 2.93 bits per heavy atom. The lowest BCUT2D eigenvalue weighted by molar-refractivity contribution is 0.772. The average Bonchev–Trinajstić information content (AvgIpc) is 2.17. The van der Waals surface area contributed by atoms with Crippen LogP contribution in [0.3, 0.4) is 0 Å². The molecular formula is C11H17BrN2. The Morgan fingerprint density at radius 2 is 2.29 bits per heavy atom. The maximum Gasteiger partial charge on any atom is 0.126 e. The van der Waals surface area contributed by atoms with Crippen molar-refractivity contribution in [3.63, 3.8) is 0 Å². The van der Waals surface area contributed by atoms with E-state index < -0.39 is 0 Å². The van der Waals surface area contributed by atoms with Gasteiger partial charge in [0.1, 0.15) is 5.82 Å². The summed E-state index contributed by atoms with van der Waals surface area (Å²) in [5.41, 5.74) is 1.06. The van der Waals surface area contributed by atoms with Crippen LogP contribution < -0.4 is 5.32 Å². The molecule has 1 atom stereocenters. The van der Waals surface area contributed by atoms with Gasteiger partial charge in [0, 0.05) is 17.1 Å². The number of hydrogen-bond acceptors (Lipinski definition) is 2. The normalized spacial score (nSPS) is 12.5. The summed E-state index contributed by atoms with van der Waals surface area (Å²) in [5.74, 6) is 0.973. The first-order valence-corrected chi connectivity index (χ1v) is 5.95. The van der Waals surface area contributed by atoms with Crippen LogP contribution in [0, 0.1) is 6.92 Å². The smallest absolute Gasteiger partial charge is 0.126 e. The Labute approximate surface area is 94.3 Å². The van der Waals surface area contributed by atoms with Crippen molar-refractivity contribution < 1.29 is 0 Å². The molecule has 0 saturated heterocycles. The van der Waals surface area contributed by atoms with E-state index in [9.17, 15) is 0 Å². The van der Waals surface area contributed by atoms with Crippen LogP contribution in [0.5, 0.6) is 0 Å². The van der Waals surface area contributed by atoms with Crippen molar-refractivity contribution in [2.45, 2.75) is 31.5 Å². The summed E-state index contributed by atoms with van der Waals surface area (Å²) in [7, 11) is 0. The molecule has 1 heterocycles. The molecule has 78 valence electrons. The number of alkyl halides is 1. The monoisotopic (exact) mass is 256 g/mol. The van der Waals surface area contributed by atoms with E-state index in [0.29, 0.717) is 4.83 Å². The predicted molar refractivity (Wildman–Crippen MR) is 65.1 cm³/mol. The summed E-state index contributed by atoms with van der Waals surface area (Å²) in [6.45, 7) is 5.16. The van der Waals surface area contributed by atoms with Crippen LogP contribution in [0.1, 0.15) is 25.5 Å². The maximum absolute atomic E-state index is 4.37. The van der Waals surface area contributed by atoms with Crippen LogP contribution in [-0.2, 0) is 0 Å². The minimum Gasteiger partial charge on any atom is -0.370 e. The number of nitrogens with one attached hydrogen (secondary N) is 1. The summed E-state index contributed by atoms with van der Waals surface area (Å²) >= 11 is 3.60. The van der Waals surface area contributed by atoms with E-state index in [0.717, 1.165) is 24.5 Å². The van der Waals surface area contributed by atoms with Gasteiger partial charge in [-0.2, -0.15) is 0 Å². The number of anilines is 1. The maximum atomic E-state index is 4.37. The van der Waals surface area contributed by atoms with E-state index in [1.54, 1.807) is 0 Å². The van der Waals surface area contributed by atoms with Crippen molar-refractivity contribution in [1.82, 2.24) is 4.98 Å². The molecule has 0 aromatic carbocycles. The van der Waals surface area contributed by atoms with E-state index in [1.807, 2.05) is 25.1 Å². The minimum atomic E-state index is 0.611. The van der Waals surface area contributed by atoms with Gasteiger partial charge in [-0.05, 0) is 31.9 Å². The summed E-state index contributed by atoms with van der Waals surface area (Å²) in [6.07, 6.45) is 2.30. The Hall–Kier alpha value is -0.570. The van der Waals surface area contributed by atoms with E-state index in [1.165, 1.54) is 6.42 Å². The number of halogens is 1. The van der Waals surface area contributed by atoms with Crippen molar-refractivity contribution in [2.75, 3.05) is 11.9 Å². The molecule has 0 aliphatic carbocycles. The number of aryl methyl sites for hydroxylation is 1. The molecule has 0 saturated carbocycles. The summed E-state index contributed by atoms with van der Waals surface area (Å²) in [6, 6.07) is 6.03. The van der Waals surface area contributed by atoms with Gasteiger partial charge in [-0.1, -0.05) is 28.9 Å². The van der Waals surface area contributed by atoms with Crippen LogP contribution in [-0.4, -0.2) is 16.4 Å². The van der Waals surface area contributed by atoms with Gasteiger partial charge in [0.25, 0.3) is 0 Å². The van der Waals surface area contributed by atoms with Gasteiger partial charge in [0.05, 0.1) is 0 Å². The van der Waals surface area contributed by atoms with Crippen molar-refractivity contribution in [2.24, 2.45) is 0 Å². The van der Waals surface area contributed by atoms with Crippen LogP contribution in [0.15, 0.2) is 18.2 Å². The van der Waals surface area contributed by atoms with Crippen molar-refractivity contribution in [3.05, 3.63) is 23.9 Å². The molecule has 1 unspecified atom stereocenters. The second-order valence-corrected chi connectivity index (χ2v) is 4.68. The molecule has 3 heteroatoms. The van der Waals surface area contributed by atoms with Gasteiger partial charge < -0.3 is 5.32 Å². The van der Waals surface area contributed by atoms with E-state index in [2.05, 4.69) is 33.2 Å². The number of hydrogen-bond donors (Lipinski definition) is 1. The molecule has 14 heavy (non-hydrogen) atoms. The highest BCUT2D eigenvalue weighted by Gasteiger charge is 2.00. The van der Waals surface area contributed by atoms with Gasteiger partial charge in [0.2, 0.25) is 0 Å². The fourth-order valence-electron chi connectivity index (χ4n) is 1.20. The lowest BCUT2D eigenvalue weighted by Gasteiger charge is -2.08. The highest BCUT2D eigenvalue weighted by molar-refractivity contribution is 9.09. The summed E-state index contributed by atoms with van der Waals surface area (Å²) in [5, 5.41) is 3.31. The first-order chi connectivity index (χ1) is 6.72. The molecule has 0 fully saturated rings. The topological polar surface area (TPSA) is 24.9 Å². The number of pyridine rings is 1. The van der Waals surface area contributed by atoms with Crippen molar-refractivity contribution in [3.8, 4) is 0 Å². The van der Waals surface area contributed by atoms with Gasteiger partial charge in [-0.15, -0.1) is 0 Å². The first-order valence-electron chi connectivity index (χ1n) is 5.04. The molecule has 1 N–H and O–H groups in total. The van der Waals surface area contributed by atoms with Crippen LogP contribution in [0.25, 0.3) is 0 Å². The summed E-state index contributed by atoms with van der Waals surface area (Å²) in [4.78, 5) is 4.98. The Balaban J connectivity index is 2.31. The second-order valence-electron chi connectivity index (χ2n) is 3.39. The zero-order chi connectivity index (χ0) is 10.4. The largest absolute Gasteiger partial charge is 0.370 e. The molecule has 1 aromatic rings. The van der Waals surface area contributed by atoms with E-state index in [4.69, 9.17) is 0 Å². The lowest BCUT2D eigenvalue weighted by Crippen LogP contribution is -2.08. The fourth-order valence-corrected chi connectivity index (χ4v) is 1.43. The molecule has 0 spiro atoms. The molecule has 0 amide bonds. The fraction of sp³-hybridized carbons (Fsp3) is 0.545. The molecule has 0 aliphatic heterocycles. The van der Waals surface area contributed by atoms with Gasteiger partial charge in [-0.3, -0.25) is 0 Å². The Morgan fingerprint density at radius 1 is 1.50 bits per heavy atom. The third-order valence-electron chi connectivity index (χ3n) is 2.09. The highest BCUT2D eigenvalue weighted by Crippen LogP contribution is 2.10. The van der Waals surface area contributed by atoms with E-state index >= 15 is 0 Å². The lowest BCUT2D eigenvalue weighted by atomic mass is 10.2. The average molecular weight is 257 g/mol. The zero-order valence-corrected chi connectivity index (χ0v) is 10.3. The van der Waals surface area contributed by atoms with Crippen molar-refractivity contribution in [1.29, 1.82) is 0 Å². The third-order valence-corrected chi connectivity index (χ3v) is 3.20. The number of nitrogens with zero attached hydrogens (tertiary/aromatic N) is 1. The van der Waals surface area contributed by atoms with Gasteiger partial charge in [0.15, 0.2) is 0 Å². The quantitative estimate of drug-likeness (QED) is 0.818. The van der Waals surface area contributed by atoms with Gasteiger partial charge >= 0.3 is 0 Å². The standard InChI is InChI=1S/C11H17BrN2/c1-3-10(12)7-8-13-11-6-4-5-9(2)14-11/h4-6,10H,3,7-8H2,1-2H3,(H,13,14). The predicted octanol–water partition coefficient (Wildman–Crippen LogP) is 3.37. The minimum absolute atomic E-state index is 0.611. The highest BCUT2D eigenvalue weighted by atomic mass is 79.9. The second kappa shape index (κ2) is 6.02. The zero-order valence-electron chi connectivity index (χ0n) is 8.76. The first kappa shape index (κ1) is 11.5. The van der Waals surface area contributed by atoms with Crippen LogP contribution >= 0.6 is 15.9 Å². The third kappa shape index (κ3) is 4.09. The molecule has 1 aromatic heterocycles.